The molecule has 1 N–H and O–H groups in total. The summed E-state index contributed by atoms with van der Waals surface area (Å²) in [6.07, 6.45) is 1.06. The molecule has 20 heavy (non-hydrogen) atoms. The molecule has 0 spiro atoms. The predicted molar refractivity (Wildman–Crippen MR) is 76.7 cm³/mol. The molecule has 1 saturated heterocycles. The first-order valence-corrected chi connectivity index (χ1v) is 8.30. The fourth-order valence-corrected chi connectivity index (χ4v) is 4.10. The molecule has 2 rings (SSSR count). The monoisotopic (exact) mass is 300 g/mol. The third-order valence-electron chi connectivity index (χ3n) is 3.55. The van der Waals surface area contributed by atoms with Gasteiger partial charge in [0.25, 0.3) is 10.2 Å². The number of nitrogens with one attached hydrogen (secondary N) is 1. The molecule has 0 aromatic heterocycles. The van der Waals surface area contributed by atoms with Crippen molar-refractivity contribution < 1.29 is 12.8 Å². The van der Waals surface area contributed by atoms with Crippen LogP contribution in [0.4, 0.5) is 4.39 Å². The number of nitrogens with zero attached hydrogens (tertiary/aromatic N) is 1. The van der Waals surface area contributed by atoms with E-state index in [4.69, 9.17) is 0 Å². The summed E-state index contributed by atoms with van der Waals surface area (Å²) in [5, 5.41) is 0. The van der Waals surface area contributed by atoms with E-state index in [1.54, 1.807) is 12.1 Å². The fraction of sp³-hybridized carbons (Fsp3) is 0.571. The maximum absolute atomic E-state index is 12.8. The quantitative estimate of drug-likeness (QED) is 0.926. The Morgan fingerprint density at radius 2 is 1.75 bits per heavy atom. The van der Waals surface area contributed by atoms with Gasteiger partial charge in [0, 0.05) is 19.6 Å². The first-order valence-electron chi connectivity index (χ1n) is 6.86. The number of rotatable bonds is 4. The second kappa shape index (κ2) is 6.20. The zero-order valence-electron chi connectivity index (χ0n) is 11.8. The van der Waals surface area contributed by atoms with Crippen LogP contribution in [0.2, 0.25) is 0 Å². The number of hydrogen-bond donors (Lipinski definition) is 1. The molecule has 0 aliphatic carbocycles. The first kappa shape index (κ1) is 15.4. The van der Waals surface area contributed by atoms with Gasteiger partial charge in [0.05, 0.1) is 0 Å². The predicted octanol–water partition coefficient (Wildman–Crippen LogP) is 2.14. The number of halogens is 1. The van der Waals surface area contributed by atoms with Crippen LogP contribution in [0.3, 0.4) is 0 Å². The number of benzene rings is 1. The minimum Gasteiger partial charge on any atom is -0.207 e. The van der Waals surface area contributed by atoms with E-state index in [0.29, 0.717) is 24.9 Å². The molecule has 1 aromatic rings. The van der Waals surface area contributed by atoms with Crippen molar-refractivity contribution in [1.82, 2.24) is 9.03 Å². The van der Waals surface area contributed by atoms with Gasteiger partial charge in [-0.1, -0.05) is 26.0 Å². The van der Waals surface area contributed by atoms with Crippen LogP contribution in [-0.4, -0.2) is 25.8 Å². The first-order chi connectivity index (χ1) is 9.37. The molecular formula is C14H21FN2O2S. The Kier molecular flexibility index (Phi) is 4.78. The lowest BCUT2D eigenvalue weighted by molar-refractivity contribution is 0.220. The average Bonchev–Trinajstić information content (AvgIpc) is 2.37. The molecule has 6 heteroatoms. The van der Waals surface area contributed by atoms with Gasteiger partial charge in [0.2, 0.25) is 0 Å². The average molecular weight is 300 g/mol. The van der Waals surface area contributed by atoms with Crippen molar-refractivity contribution in [1.29, 1.82) is 0 Å². The highest BCUT2D eigenvalue weighted by Crippen LogP contribution is 2.22. The van der Waals surface area contributed by atoms with E-state index in [0.717, 1.165) is 12.0 Å². The van der Waals surface area contributed by atoms with E-state index in [9.17, 15) is 12.8 Å². The van der Waals surface area contributed by atoms with E-state index in [2.05, 4.69) is 18.6 Å². The Morgan fingerprint density at radius 3 is 2.30 bits per heavy atom. The summed E-state index contributed by atoms with van der Waals surface area (Å²) in [6.45, 7) is 5.43. The van der Waals surface area contributed by atoms with Crippen molar-refractivity contribution in [2.45, 2.75) is 26.8 Å². The third-order valence-corrected chi connectivity index (χ3v) is 5.03. The van der Waals surface area contributed by atoms with E-state index in [1.165, 1.54) is 16.4 Å². The van der Waals surface area contributed by atoms with Crippen molar-refractivity contribution in [2.24, 2.45) is 11.8 Å². The summed E-state index contributed by atoms with van der Waals surface area (Å²) in [5.41, 5.74) is 0.744. The van der Waals surface area contributed by atoms with E-state index >= 15 is 0 Å². The minimum absolute atomic E-state index is 0.182. The lowest BCUT2D eigenvalue weighted by Crippen LogP contribution is -2.47. The van der Waals surface area contributed by atoms with Gasteiger partial charge >= 0.3 is 0 Å². The summed E-state index contributed by atoms with van der Waals surface area (Å²) in [5.74, 6) is 0.428. The van der Waals surface area contributed by atoms with Gasteiger partial charge in [-0.2, -0.15) is 17.4 Å². The molecule has 1 aliphatic heterocycles. The van der Waals surface area contributed by atoms with Crippen LogP contribution in [0.5, 0.6) is 0 Å². The summed E-state index contributed by atoms with van der Waals surface area (Å²) in [7, 11) is -3.47. The van der Waals surface area contributed by atoms with Gasteiger partial charge in [-0.05, 0) is 36.0 Å². The number of hydrogen-bond acceptors (Lipinski definition) is 2. The Hall–Kier alpha value is -0.980. The molecule has 0 bridgehead atoms. The van der Waals surface area contributed by atoms with Gasteiger partial charge in [-0.3, -0.25) is 0 Å². The maximum atomic E-state index is 12.8. The normalized spacial score (nSPS) is 24.8. The van der Waals surface area contributed by atoms with Gasteiger partial charge in [0.15, 0.2) is 0 Å². The van der Waals surface area contributed by atoms with E-state index < -0.39 is 10.2 Å². The standard InChI is InChI=1S/C14H21FN2O2S/c1-11-7-12(2)10-17(9-11)20(18,19)16-8-13-3-5-14(15)6-4-13/h3-6,11-12,16H,7-10H2,1-2H3/t11-,12+. The molecule has 4 nitrogen and oxygen atoms in total. The summed E-state index contributed by atoms with van der Waals surface area (Å²) in [4.78, 5) is 0. The zero-order valence-corrected chi connectivity index (χ0v) is 12.7. The van der Waals surface area contributed by atoms with Crippen LogP contribution in [0, 0.1) is 17.7 Å². The van der Waals surface area contributed by atoms with Crippen molar-refractivity contribution in [3.8, 4) is 0 Å². The molecule has 2 atom stereocenters. The van der Waals surface area contributed by atoms with Crippen LogP contribution >= 0.6 is 0 Å². The van der Waals surface area contributed by atoms with E-state index in [1.807, 2.05) is 0 Å². The van der Waals surface area contributed by atoms with Gasteiger partial charge in [-0.15, -0.1) is 0 Å². The molecule has 1 aliphatic rings. The molecule has 0 radical (unpaired) electrons. The van der Waals surface area contributed by atoms with Crippen LogP contribution in [-0.2, 0) is 16.8 Å². The smallest absolute Gasteiger partial charge is 0.207 e. The molecule has 0 saturated carbocycles. The van der Waals surface area contributed by atoms with Gasteiger partial charge in [-0.25, -0.2) is 4.39 Å². The molecule has 1 fully saturated rings. The Morgan fingerprint density at radius 1 is 1.20 bits per heavy atom. The SMILES string of the molecule is C[C@@H]1C[C@H](C)CN(S(=O)(=O)NCc2ccc(F)cc2)C1. The van der Waals surface area contributed by atoms with Crippen LogP contribution < -0.4 is 4.72 Å². The third kappa shape index (κ3) is 4.01. The van der Waals surface area contributed by atoms with Crippen LogP contribution in [0.25, 0.3) is 0 Å². The van der Waals surface area contributed by atoms with Crippen molar-refractivity contribution >= 4 is 10.2 Å². The van der Waals surface area contributed by atoms with Crippen molar-refractivity contribution in [3.05, 3.63) is 35.6 Å². The molecule has 0 unspecified atom stereocenters. The lowest BCUT2D eigenvalue weighted by Gasteiger charge is -2.33. The molecular weight excluding hydrogens is 279 g/mol. The lowest BCUT2D eigenvalue weighted by atomic mass is 9.94. The second-order valence-corrected chi connectivity index (χ2v) is 7.47. The Bertz CT molecular complexity index is 535. The van der Waals surface area contributed by atoms with Gasteiger partial charge in [0.1, 0.15) is 5.82 Å². The van der Waals surface area contributed by atoms with Crippen molar-refractivity contribution in [3.63, 3.8) is 0 Å². The highest BCUT2D eigenvalue weighted by atomic mass is 32.2. The van der Waals surface area contributed by atoms with E-state index in [-0.39, 0.29) is 12.4 Å². The molecule has 112 valence electrons. The largest absolute Gasteiger partial charge is 0.279 e. The van der Waals surface area contributed by atoms with Crippen molar-refractivity contribution in [2.75, 3.05) is 13.1 Å². The summed E-state index contributed by atoms with van der Waals surface area (Å²) < 4.78 is 41.4. The Balaban J connectivity index is 1.98. The molecule has 1 heterocycles. The summed E-state index contributed by atoms with van der Waals surface area (Å²) >= 11 is 0. The van der Waals surface area contributed by atoms with Crippen LogP contribution in [0.15, 0.2) is 24.3 Å². The maximum Gasteiger partial charge on any atom is 0.279 e. The Labute approximate surface area is 120 Å². The fourth-order valence-electron chi connectivity index (χ4n) is 2.67. The number of piperidine rings is 1. The minimum atomic E-state index is -3.47. The topological polar surface area (TPSA) is 49.4 Å². The highest BCUT2D eigenvalue weighted by Gasteiger charge is 2.29. The van der Waals surface area contributed by atoms with Gasteiger partial charge < -0.3 is 0 Å². The summed E-state index contributed by atoms with van der Waals surface area (Å²) in [6, 6.07) is 5.82. The zero-order chi connectivity index (χ0) is 14.8. The van der Waals surface area contributed by atoms with Crippen LogP contribution in [0.1, 0.15) is 25.8 Å². The molecule has 1 aromatic carbocycles. The molecule has 0 amide bonds. The second-order valence-electron chi connectivity index (χ2n) is 5.72. The highest BCUT2D eigenvalue weighted by molar-refractivity contribution is 7.87.